The highest BCUT2D eigenvalue weighted by Gasteiger charge is 2.20. The normalized spacial score (nSPS) is 19.4. The van der Waals surface area contributed by atoms with Gasteiger partial charge in [0.25, 0.3) is 0 Å². The van der Waals surface area contributed by atoms with Crippen LogP contribution >= 0.6 is 0 Å². The van der Waals surface area contributed by atoms with Gasteiger partial charge in [0.2, 0.25) is 5.95 Å². The second kappa shape index (κ2) is 5.32. The lowest BCUT2D eigenvalue weighted by Crippen LogP contribution is -2.50. The summed E-state index contributed by atoms with van der Waals surface area (Å²) in [6, 6.07) is 4.36. The number of hydrogen-bond donors (Lipinski definition) is 1. The van der Waals surface area contributed by atoms with Gasteiger partial charge in [-0.2, -0.15) is 0 Å². The lowest BCUT2D eigenvalue weighted by molar-refractivity contribution is 0.493. The summed E-state index contributed by atoms with van der Waals surface area (Å²) in [4.78, 5) is 15.3. The highest BCUT2D eigenvalue weighted by atomic mass is 15.3. The largest absolute Gasteiger partial charge is 0.336 e. The van der Waals surface area contributed by atoms with Crippen LogP contribution in [0.1, 0.15) is 6.92 Å². The Hall–Kier alpha value is -2.01. The number of nitrogens with zero attached hydrogens (tertiary/aromatic N) is 4. The summed E-state index contributed by atoms with van der Waals surface area (Å²) < 4.78 is 0. The van der Waals surface area contributed by atoms with E-state index in [1.165, 1.54) is 0 Å². The molecule has 1 atom stereocenters. The molecule has 0 aliphatic carbocycles. The zero-order valence-corrected chi connectivity index (χ0v) is 11.0. The molecule has 1 aliphatic heterocycles. The molecule has 0 radical (unpaired) electrons. The van der Waals surface area contributed by atoms with Crippen LogP contribution in [0, 0.1) is 0 Å². The average molecular weight is 255 g/mol. The van der Waals surface area contributed by atoms with Gasteiger partial charge in [0.15, 0.2) is 0 Å². The van der Waals surface area contributed by atoms with Gasteiger partial charge >= 0.3 is 0 Å². The smallest absolute Gasteiger partial charge is 0.225 e. The molecule has 1 unspecified atom stereocenters. The number of rotatable bonds is 2. The SMILES string of the molecule is CC1CNCCN1c1ncc(-c2ccncc2)cn1. The van der Waals surface area contributed by atoms with Crippen molar-refractivity contribution in [2.75, 3.05) is 24.5 Å². The molecular weight excluding hydrogens is 238 g/mol. The Labute approximate surface area is 112 Å². The predicted octanol–water partition coefficient (Wildman–Crippen LogP) is 1.34. The molecule has 0 amide bonds. The summed E-state index contributed by atoms with van der Waals surface area (Å²) in [5.41, 5.74) is 2.11. The third-order valence-electron chi connectivity index (χ3n) is 3.41. The lowest BCUT2D eigenvalue weighted by Gasteiger charge is -2.33. The Morgan fingerprint density at radius 2 is 1.89 bits per heavy atom. The van der Waals surface area contributed by atoms with E-state index in [-0.39, 0.29) is 0 Å². The molecular formula is C14H17N5. The Kier molecular flexibility index (Phi) is 3.37. The average Bonchev–Trinajstić information content (AvgIpc) is 2.49. The lowest BCUT2D eigenvalue weighted by atomic mass is 10.1. The Balaban J connectivity index is 1.83. The highest BCUT2D eigenvalue weighted by Crippen LogP contribution is 2.19. The van der Waals surface area contributed by atoms with Crippen LogP contribution in [0.3, 0.4) is 0 Å². The molecule has 1 aliphatic rings. The van der Waals surface area contributed by atoms with Crippen molar-refractivity contribution in [2.24, 2.45) is 0 Å². The Bertz CT molecular complexity index is 525. The molecule has 1 saturated heterocycles. The van der Waals surface area contributed by atoms with E-state index >= 15 is 0 Å². The van der Waals surface area contributed by atoms with Crippen molar-refractivity contribution in [2.45, 2.75) is 13.0 Å². The maximum Gasteiger partial charge on any atom is 0.225 e. The van der Waals surface area contributed by atoms with Crippen molar-refractivity contribution in [3.8, 4) is 11.1 Å². The first-order valence-electron chi connectivity index (χ1n) is 6.54. The van der Waals surface area contributed by atoms with E-state index in [1.807, 2.05) is 24.5 Å². The van der Waals surface area contributed by atoms with Crippen LogP contribution < -0.4 is 10.2 Å². The molecule has 5 nitrogen and oxygen atoms in total. The van der Waals surface area contributed by atoms with Crippen molar-refractivity contribution < 1.29 is 0 Å². The van der Waals surface area contributed by atoms with E-state index in [2.05, 4.69) is 32.1 Å². The summed E-state index contributed by atoms with van der Waals surface area (Å²) in [7, 11) is 0. The van der Waals surface area contributed by atoms with Crippen LogP contribution in [0.5, 0.6) is 0 Å². The fraction of sp³-hybridized carbons (Fsp3) is 0.357. The summed E-state index contributed by atoms with van der Waals surface area (Å²) in [5.74, 6) is 0.812. The number of aromatic nitrogens is 3. The fourth-order valence-electron chi connectivity index (χ4n) is 2.30. The van der Waals surface area contributed by atoms with E-state index < -0.39 is 0 Å². The molecule has 0 saturated carbocycles. The summed E-state index contributed by atoms with van der Waals surface area (Å²) >= 11 is 0. The highest BCUT2D eigenvalue weighted by molar-refractivity contribution is 5.61. The number of piperazine rings is 1. The molecule has 0 spiro atoms. The summed E-state index contributed by atoms with van der Waals surface area (Å²) in [5, 5.41) is 3.37. The van der Waals surface area contributed by atoms with Gasteiger partial charge in [-0.3, -0.25) is 4.98 Å². The quantitative estimate of drug-likeness (QED) is 0.877. The van der Waals surface area contributed by atoms with Crippen molar-refractivity contribution in [3.05, 3.63) is 36.9 Å². The molecule has 98 valence electrons. The first-order valence-corrected chi connectivity index (χ1v) is 6.54. The van der Waals surface area contributed by atoms with Gasteiger partial charge < -0.3 is 10.2 Å². The van der Waals surface area contributed by atoms with Crippen LogP contribution in [0.25, 0.3) is 11.1 Å². The van der Waals surface area contributed by atoms with Crippen molar-refractivity contribution >= 4 is 5.95 Å². The van der Waals surface area contributed by atoms with Gasteiger partial charge in [-0.15, -0.1) is 0 Å². The van der Waals surface area contributed by atoms with Crippen molar-refractivity contribution in [1.82, 2.24) is 20.3 Å². The van der Waals surface area contributed by atoms with Crippen LogP contribution in [-0.4, -0.2) is 40.6 Å². The monoisotopic (exact) mass is 255 g/mol. The Morgan fingerprint density at radius 1 is 1.16 bits per heavy atom. The van der Waals surface area contributed by atoms with Gasteiger partial charge in [-0.1, -0.05) is 0 Å². The first-order chi connectivity index (χ1) is 9.34. The van der Waals surface area contributed by atoms with E-state index in [0.29, 0.717) is 6.04 Å². The molecule has 1 fully saturated rings. The van der Waals surface area contributed by atoms with Crippen LogP contribution in [0.4, 0.5) is 5.95 Å². The van der Waals surface area contributed by atoms with Crippen LogP contribution in [-0.2, 0) is 0 Å². The number of pyridine rings is 1. The van der Waals surface area contributed by atoms with Gasteiger partial charge in [-0.25, -0.2) is 9.97 Å². The zero-order valence-electron chi connectivity index (χ0n) is 11.0. The third kappa shape index (κ3) is 2.56. The maximum atomic E-state index is 4.50. The van der Waals surface area contributed by atoms with E-state index in [1.54, 1.807) is 12.4 Å². The molecule has 19 heavy (non-hydrogen) atoms. The van der Waals surface area contributed by atoms with Gasteiger partial charge in [0.05, 0.1) is 0 Å². The van der Waals surface area contributed by atoms with Crippen molar-refractivity contribution in [1.29, 1.82) is 0 Å². The summed E-state index contributed by atoms with van der Waals surface area (Å²) in [6.45, 7) is 5.11. The molecule has 2 aromatic rings. The predicted molar refractivity (Wildman–Crippen MR) is 74.9 cm³/mol. The van der Waals surface area contributed by atoms with Gasteiger partial charge in [0, 0.05) is 56.0 Å². The minimum atomic E-state index is 0.431. The minimum absolute atomic E-state index is 0.431. The number of hydrogen-bond acceptors (Lipinski definition) is 5. The third-order valence-corrected chi connectivity index (χ3v) is 3.41. The topological polar surface area (TPSA) is 53.9 Å². The maximum absolute atomic E-state index is 4.50. The molecule has 5 heteroatoms. The summed E-state index contributed by atoms with van der Waals surface area (Å²) in [6.07, 6.45) is 7.32. The molecule has 2 aromatic heterocycles. The Morgan fingerprint density at radius 3 is 2.58 bits per heavy atom. The molecule has 1 N–H and O–H groups in total. The molecule has 0 bridgehead atoms. The zero-order chi connectivity index (χ0) is 13.1. The van der Waals surface area contributed by atoms with E-state index in [9.17, 15) is 0 Å². The fourth-order valence-corrected chi connectivity index (χ4v) is 2.30. The standard InChI is InChI=1S/C14H17N5/c1-11-8-16-6-7-19(11)14-17-9-13(10-18-14)12-2-4-15-5-3-12/h2-5,9-11,16H,6-8H2,1H3. The second-order valence-corrected chi connectivity index (χ2v) is 4.75. The van der Waals surface area contributed by atoms with Crippen LogP contribution in [0.15, 0.2) is 36.9 Å². The number of nitrogens with one attached hydrogen (secondary N) is 1. The van der Waals surface area contributed by atoms with Crippen LogP contribution in [0.2, 0.25) is 0 Å². The second-order valence-electron chi connectivity index (χ2n) is 4.75. The molecule has 0 aromatic carbocycles. The van der Waals surface area contributed by atoms with E-state index in [0.717, 1.165) is 36.7 Å². The molecule has 3 rings (SSSR count). The van der Waals surface area contributed by atoms with Gasteiger partial charge in [-0.05, 0) is 24.6 Å². The number of anilines is 1. The molecule has 3 heterocycles. The minimum Gasteiger partial charge on any atom is -0.336 e. The van der Waals surface area contributed by atoms with Crippen molar-refractivity contribution in [3.63, 3.8) is 0 Å². The van der Waals surface area contributed by atoms with Gasteiger partial charge in [0.1, 0.15) is 0 Å². The van der Waals surface area contributed by atoms with E-state index in [4.69, 9.17) is 0 Å². The first kappa shape index (κ1) is 12.0.